The number of likely N-dealkylation sites (tertiary alicyclic amines) is 1. The molecule has 0 saturated carbocycles. The Bertz CT molecular complexity index is 827. The smallest absolute Gasteiger partial charge is 0.308 e. The van der Waals surface area contributed by atoms with Crippen LogP contribution in [0.15, 0.2) is 36.4 Å². The zero-order valence-corrected chi connectivity index (χ0v) is 15.3. The van der Waals surface area contributed by atoms with Gasteiger partial charge in [0.15, 0.2) is 0 Å². The van der Waals surface area contributed by atoms with Crippen molar-refractivity contribution in [2.24, 2.45) is 11.8 Å². The standard InChI is InChI=1S/C20H22N2O3S/c23-19(22-11-5-6-13(12-22)20(24)25)15-8-2-1-7-14(15)18-21-16-9-3-4-10-17(16)26-18/h1-4,9-10,13-15H,5-8,11-12H2,(H,24,25). The number of hydrogen-bond acceptors (Lipinski definition) is 4. The topological polar surface area (TPSA) is 70.5 Å². The number of thiazole rings is 1. The van der Waals surface area contributed by atoms with Gasteiger partial charge in [-0.15, -0.1) is 11.3 Å². The van der Waals surface area contributed by atoms with E-state index in [0.717, 1.165) is 28.1 Å². The minimum atomic E-state index is -0.797. The molecule has 1 aliphatic carbocycles. The van der Waals surface area contributed by atoms with E-state index in [-0.39, 0.29) is 17.7 Å². The van der Waals surface area contributed by atoms with Gasteiger partial charge >= 0.3 is 5.97 Å². The normalized spacial score (nSPS) is 26.2. The molecule has 1 N–H and O–H groups in total. The maximum Gasteiger partial charge on any atom is 0.308 e. The number of carboxylic acid groups (broad SMARTS) is 1. The van der Waals surface area contributed by atoms with Crippen molar-refractivity contribution in [3.8, 4) is 0 Å². The van der Waals surface area contributed by atoms with Gasteiger partial charge in [-0.3, -0.25) is 9.59 Å². The Morgan fingerprint density at radius 2 is 2.00 bits per heavy atom. The number of aliphatic carboxylic acids is 1. The first kappa shape index (κ1) is 17.2. The minimum Gasteiger partial charge on any atom is -0.481 e. The molecule has 4 rings (SSSR count). The highest BCUT2D eigenvalue weighted by molar-refractivity contribution is 7.18. The average Bonchev–Trinajstić information content (AvgIpc) is 3.11. The number of para-hydroxylation sites is 1. The maximum absolute atomic E-state index is 13.2. The molecule has 0 bridgehead atoms. The van der Waals surface area contributed by atoms with Crippen LogP contribution in [0, 0.1) is 11.8 Å². The third-order valence-corrected chi connectivity index (χ3v) is 6.63. The first-order valence-electron chi connectivity index (χ1n) is 9.15. The minimum absolute atomic E-state index is 0.0788. The number of carboxylic acids is 1. The van der Waals surface area contributed by atoms with Crippen molar-refractivity contribution >= 4 is 33.4 Å². The number of piperidine rings is 1. The fraction of sp³-hybridized carbons (Fsp3) is 0.450. The molecule has 6 heteroatoms. The molecular weight excluding hydrogens is 348 g/mol. The summed E-state index contributed by atoms with van der Waals surface area (Å²) in [6, 6.07) is 8.06. The molecule has 2 aliphatic rings. The second kappa shape index (κ2) is 7.19. The third kappa shape index (κ3) is 3.26. The van der Waals surface area contributed by atoms with Gasteiger partial charge < -0.3 is 10.0 Å². The van der Waals surface area contributed by atoms with E-state index in [0.29, 0.717) is 25.9 Å². The summed E-state index contributed by atoms with van der Waals surface area (Å²) in [7, 11) is 0. The summed E-state index contributed by atoms with van der Waals surface area (Å²) in [6.45, 7) is 0.996. The van der Waals surface area contributed by atoms with Gasteiger partial charge in [0.05, 0.1) is 27.1 Å². The van der Waals surface area contributed by atoms with Gasteiger partial charge in [0, 0.05) is 19.0 Å². The Morgan fingerprint density at radius 1 is 1.19 bits per heavy atom. The van der Waals surface area contributed by atoms with Crippen molar-refractivity contribution in [3.63, 3.8) is 0 Å². The molecule has 1 aliphatic heterocycles. The average molecular weight is 370 g/mol. The zero-order valence-electron chi connectivity index (χ0n) is 14.5. The van der Waals surface area contributed by atoms with Crippen LogP contribution in [0.5, 0.6) is 0 Å². The number of nitrogens with zero attached hydrogens (tertiary/aromatic N) is 2. The van der Waals surface area contributed by atoms with Crippen molar-refractivity contribution in [2.75, 3.05) is 13.1 Å². The number of hydrogen-bond donors (Lipinski definition) is 1. The fourth-order valence-electron chi connectivity index (χ4n) is 4.02. The molecule has 0 radical (unpaired) electrons. The molecule has 1 amide bonds. The molecule has 5 nitrogen and oxygen atoms in total. The number of fused-ring (bicyclic) bond motifs is 1. The van der Waals surface area contributed by atoms with E-state index in [2.05, 4.69) is 18.2 Å². The Hall–Kier alpha value is -2.21. The second-order valence-corrected chi connectivity index (χ2v) is 8.20. The summed E-state index contributed by atoms with van der Waals surface area (Å²) in [5, 5.41) is 10.3. The molecule has 1 fully saturated rings. The van der Waals surface area contributed by atoms with Crippen LogP contribution in [-0.4, -0.2) is 40.0 Å². The zero-order chi connectivity index (χ0) is 18.1. The number of carbonyl (C=O) groups is 2. The summed E-state index contributed by atoms with van der Waals surface area (Å²) in [5.74, 6) is -1.21. The van der Waals surface area contributed by atoms with Gasteiger partial charge in [0.25, 0.3) is 0 Å². The molecule has 2 heterocycles. The lowest BCUT2D eigenvalue weighted by Crippen LogP contribution is -2.46. The first-order valence-corrected chi connectivity index (χ1v) is 9.97. The molecule has 26 heavy (non-hydrogen) atoms. The Balaban J connectivity index is 1.58. The van der Waals surface area contributed by atoms with Gasteiger partial charge in [-0.2, -0.15) is 0 Å². The number of allylic oxidation sites excluding steroid dienone is 2. The van der Waals surface area contributed by atoms with Gasteiger partial charge in [0.1, 0.15) is 0 Å². The molecule has 2 aromatic rings. The van der Waals surface area contributed by atoms with E-state index in [9.17, 15) is 14.7 Å². The summed E-state index contributed by atoms with van der Waals surface area (Å²) in [6.07, 6.45) is 7.14. The number of aromatic nitrogens is 1. The molecule has 136 valence electrons. The molecule has 1 saturated heterocycles. The van der Waals surface area contributed by atoms with Crippen molar-refractivity contribution in [1.82, 2.24) is 9.88 Å². The Morgan fingerprint density at radius 3 is 2.81 bits per heavy atom. The summed E-state index contributed by atoms with van der Waals surface area (Å²) >= 11 is 1.67. The number of rotatable bonds is 3. The molecule has 3 unspecified atom stereocenters. The highest BCUT2D eigenvalue weighted by Gasteiger charge is 2.37. The number of amides is 1. The van der Waals surface area contributed by atoms with Crippen LogP contribution in [-0.2, 0) is 9.59 Å². The van der Waals surface area contributed by atoms with E-state index in [4.69, 9.17) is 4.98 Å². The van der Waals surface area contributed by atoms with Crippen molar-refractivity contribution in [3.05, 3.63) is 41.4 Å². The predicted molar refractivity (Wildman–Crippen MR) is 101 cm³/mol. The van der Waals surface area contributed by atoms with E-state index in [1.807, 2.05) is 18.2 Å². The van der Waals surface area contributed by atoms with Crippen LogP contribution in [0.3, 0.4) is 0 Å². The molecule has 1 aromatic heterocycles. The van der Waals surface area contributed by atoms with Crippen LogP contribution in [0.2, 0.25) is 0 Å². The third-order valence-electron chi connectivity index (χ3n) is 5.46. The number of benzene rings is 1. The lowest BCUT2D eigenvalue weighted by molar-refractivity contribution is -0.147. The van der Waals surface area contributed by atoms with E-state index in [1.165, 1.54) is 0 Å². The second-order valence-electron chi connectivity index (χ2n) is 7.14. The lowest BCUT2D eigenvalue weighted by atomic mass is 9.81. The van der Waals surface area contributed by atoms with Crippen molar-refractivity contribution < 1.29 is 14.7 Å². The van der Waals surface area contributed by atoms with E-state index in [1.54, 1.807) is 16.2 Å². The van der Waals surface area contributed by atoms with Gasteiger partial charge in [-0.05, 0) is 37.8 Å². The molecule has 3 atom stereocenters. The number of carbonyl (C=O) groups excluding carboxylic acids is 1. The summed E-state index contributed by atoms with van der Waals surface area (Å²) in [5.41, 5.74) is 0.983. The molecule has 0 spiro atoms. The largest absolute Gasteiger partial charge is 0.481 e. The van der Waals surface area contributed by atoms with Crippen LogP contribution in [0.1, 0.15) is 36.6 Å². The highest BCUT2D eigenvalue weighted by Crippen LogP contribution is 2.39. The monoisotopic (exact) mass is 370 g/mol. The van der Waals surface area contributed by atoms with Crippen LogP contribution >= 0.6 is 11.3 Å². The van der Waals surface area contributed by atoms with E-state index >= 15 is 0 Å². The lowest BCUT2D eigenvalue weighted by Gasteiger charge is -2.36. The fourth-order valence-corrected chi connectivity index (χ4v) is 5.17. The highest BCUT2D eigenvalue weighted by atomic mass is 32.1. The SMILES string of the molecule is O=C(O)C1CCCN(C(=O)C2CC=CCC2c2nc3ccccc3s2)C1. The van der Waals surface area contributed by atoms with Crippen molar-refractivity contribution in [2.45, 2.75) is 31.6 Å². The molecule has 1 aromatic carbocycles. The van der Waals surface area contributed by atoms with Crippen LogP contribution in [0.4, 0.5) is 0 Å². The Labute approximate surface area is 156 Å². The van der Waals surface area contributed by atoms with Crippen LogP contribution < -0.4 is 0 Å². The maximum atomic E-state index is 13.2. The molecular formula is C20H22N2O3S. The van der Waals surface area contributed by atoms with Gasteiger partial charge in [-0.25, -0.2) is 4.98 Å². The van der Waals surface area contributed by atoms with Gasteiger partial charge in [-0.1, -0.05) is 24.3 Å². The summed E-state index contributed by atoms with van der Waals surface area (Å²) < 4.78 is 1.15. The quantitative estimate of drug-likeness (QED) is 0.837. The Kier molecular flexibility index (Phi) is 4.76. The first-order chi connectivity index (χ1) is 12.6. The van der Waals surface area contributed by atoms with E-state index < -0.39 is 11.9 Å². The summed E-state index contributed by atoms with van der Waals surface area (Å²) in [4.78, 5) is 31.1. The van der Waals surface area contributed by atoms with Crippen molar-refractivity contribution in [1.29, 1.82) is 0 Å². The predicted octanol–water partition coefficient (Wildman–Crippen LogP) is 3.67. The van der Waals surface area contributed by atoms with Gasteiger partial charge in [0.2, 0.25) is 5.91 Å². The van der Waals surface area contributed by atoms with Crippen LogP contribution in [0.25, 0.3) is 10.2 Å².